The minimum Gasteiger partial charge on any atom is -0.434 e. The van der Waals surface area contributed by atoms with Gasteiger partial charge in [0.15, 0.2) is 5.58 Å². The molecule has 0 bridgehead atoms. The fraction of sp³-hybridized carbons (Fsp3) is 0.591. The summed E-state index contributed by atoms with van der Waals surface area (Å²) < 4.78 is 31.8. The van der Waals surface area contributed by atoms with E-state index in [0.29, 0.717) is 30.4 Å². The Balaban J connectivity index is 1.75. The number of sulfonamides is 1. The van der Waals surface area contributed by atoms with Gasteiger partial charge >= 0.3 is 0 Å². The molecule has 9 heteroatoms. The first-order valence-corrected chi connectivity index (χ1v) is 12.8. The molecule has 0 aliphatic heterocycles. The van der Waals surface area contributed by atoms with Crippen molar-refractivity contribution in [2.45, 2.75) is 70.4 Å². The maximum Gasteiger partial charge on any atom is 0.266 e. The van der Waals surface area contributed by atoms with Gasteiger partial charge in [0, 0.05) is 0 Å². The highest BCUT2D eigenvalue weighted by Gasteiger charge is 2.31. The molecule has 1 fully saturated rings. The molecule has 170 valence electrons. The number of hydrogen-bond donors (Lipinski definition) is 2. The van der Waals surface area contributed by atoms with Crippen molar-refractivity contribution in [1.82, 2.24) is 15.0 Å². The zero-order valence-electron chi connectivity index (χ0n) is 18.1. The molecule has 3 rings (SSSR count). The molecule has 2 aromatic rings. The first kappa shape index (κ1) is 23.4. The molecular weight excluding hydrogens is 418 g/mol. The number of rotatable bonds is 10. The predicted octanol–water partition coefficient (Wildman–Crippen LogP) is 3.18. The summed E-state index contributed by atoms with van der Waals surface area (Å²) in [4.78, 5) is 30.3. The van der Waals surface area contributed by atoms with Crippen LogP contribution in [0.5, 0.6) is 0 Å². The van der Waals surface area contributed by atoms with Gasteiger partial charge in [-0.05, 0) is 30.9 Å². The maximum atomic E-state index is 13.0. The largest absolute Gasteiger partial charge is 0.434 e. The number of nitrogens with zero attached hydrogens (tertiary/aromatic N) is 1. The molecule has 31 heavy (non-hydrogen) atoms. The van der Waals surface area contributed by atoms with Crippen LogP contribution in [0.15, 0.2) is 28.7 Å². The third-order valence-electron chi connectivity index (χ3n) is 5.68. The maximum absolute atomic E-state index is 13.0. The van der Waals surface area contributed by atoms with E-state index in [1.165, 1.54) is 6.42 Å². The van der Waals surface area contributed by atoms with Crippen LogP contribution in [0, 0.1) is 5.92 Å². The molecule has 1 heterocycles. The number of nitrogens with one attached hydrogen (secondary N) is 2. The van der Waals surface area contributed by atoms with Crippen molar-refractivity contribution in [3.8, 4) is 0 Å². The molecule has 1 aromatic carbocycles. The van der Waals surface area contributed by atoms with Crippen LogP contribution in [0.25, 0.3) is 11.1 Å². The van der Waals surface area contributed by atoms with E-state index < -0.39 is 33.8 Å². The second-order valence-corrected chi connectivity index (χ2v) is 10.2. The minimum atomic E-state index is -3.58. The smallest absolute Gasteiger partial charge is 0.266 e. The number of para-hydroxylation sites is 2. The van der Waals surface area contributed by atoms with E-state index in [2.05, 4.69) is 15.0 Å². The van der Waals surface area contributed by atoms with Crippen LogP contribution >= 0.6 is 0 Å². The normalized spacial score (nSPS) is 17.4. The molecule has 1 aromatic heterocycles. The van der Waals surface area contributed by atoms with Crippen LogP contribution in [-0.4, -0.2) is 43.4 Å². The Morgan fingerprint density at radius 1 is 1.16 bits per heavy atom. The summed E-state index contributed by atoms with van der Waals surface area (Å²) in [5, 5.41) is 2.76. The first-order valence-electron chi connectivity index (χ1n) is 10.9. The van der Waals surface area contributed by atoms with Gasteiger partial charge in [0.2, 0.25) is 21.7 Å². The van der Waals surface area contributed by atoms with Crippen molar-refractivity contribution in [3.63, 3.8) is 0 Å². The lowest BCUT2D eigenvalue weighted by Crippen LogP contribution is -2.52. The lowest BCUT2D eigenvalue weighted by molar-refractivity contribution is -0.123. The Bertz CT molecular complexity index is 978. The van der Waals surface area contributed by atoms with Gasteiger partial charge in [0.25, 0.3) is 5.89 Å². The van der Waals surface area contributed by atoms with E-state index in [1.54, 1.807) is 24.3 Å². The van der Waals surface area contributed by atoms with Gasteiger partial charge in [0.05, 0.1) is 12.3 Å². The van der Waals surface area contributed by atoms with Gasteiger partial charge in [-0.1, -0.05) is 57.6 Å². The lowest BCUT2D eigenvalue weighted by Gasteiger charge is -2.27. The van der Waals surface area contributed by atoms with Crippen molar-refractivity contribution in [2.24, 2.45) is 5.92 Å². The van der Waals surface area contributed by atoms with Gasteiger partial charge in [0.1, 0.15) is 11.6 Å². The predicted molar refractivity (Wildman–Crippen MR) is 118 cm³/mol. The Morgan fingerprint density at radius 3 is 2.52 bits per heavy atom. The second-order valence-electron chi connectivity index (χ2n) is 8.38. The molecule has 8 nitrogen and oxygen atoms in total. The number of oxazole rings is 1. The molecule has 1 aliphatic rings. The number of Topliss-reactive ketones (excluding diaryl/α,β-unsaturated/α-hetero) is 1. The average molecular weight is 450 g/mol. The van der Waals surface area contributed by atoms with Crippen LogP contribution < -0.4 is 10.0 Å². The van der Waals surface area contributed by atoms with E-state index in [-0.39, 0.29) is 11.8 Å². The summed E-state index contributed by atoms with van der Waals surface area (Å²) in [5.74, 6) is -0.669. The van der Waals surface area contributed by atoms with Crippen LogP contribution in [0.3, 0.4) is 0 Å². The number of amides is 1. The number of aromatic nitrogens is 1. The van der Waals surface area contributed by atoms with Gasteiger partial charge < -0.3 is 9.73 Å². The quantitative estimate of drug-likeness (QED) is 0.538. The standard InChI is InChI=1S/C22H31N3O5S/c1-3-9-17(20(26)22-24-16-12-7-8-13-19(16)30-22)23-21(27)18(25-31(2,28)29)14-15-10-5-4-6-11-15/h7-8,12-13,15,17-18,25H,3-6,9-11,14H2,1-2H3,(H,23,27)/t17-,18+/m1/s1. The third kappa shape index (κ3) is 6.61. The molecule has 1 aliphatic carbocycles. The summed E-state index contributed by atoms with van der Waals surface area (Å²) >= 11 is 0. The number of hydrogen-bond acceptors (Lipinski definition) is 6. The van der Waals surface area contributed by atoms with E-state index in [1.807, 2.05) is 6.92 Å². The molecular formula is C22H31N3O5S. The summed E-state index contributed by atoms with van der Waals surface area (Å²) in [6.45, 7) is 1.91. The Morgan fingerprint density at radius 2 is 1.87 bits per heavy atom. The summed E-state index contributed by atoms with van der Waals surface area (Å²) in [7, 11) is -3.58. The Kier molecular flexibility index (Phi) is 7.83. The highest BCUT2D eigenvalue weighted by molar-refractivity contribution is 7.88. The topological polar surface area (TPSA) is 118 Å². The fourth-order valence-electron chi connectivity index (χ4n) is 4.18. The van der Waals surface area contributed by atoms with E-state index in [9.17, 15) is 18.0 Å². The summed E-state index contributed by atoms with van der Waals surface area (Å²) in [5.41, 5.74) is 1.07. The van der Waals surface area contributed by atoms with Crippen LogP contribution in [-0.2, 0) is 14.8 Å². The average Bonchev–Trinajstić information content (AvgIpc) is 3.16. The van der Waals surface area contributed by atoms with E-state index >= 15 is 0 Å². The molecule has 0 radical (unpaired) electrons. The van der Waals surface area contributed by atoms with Crippen LogP contribution in [0.1, 0.15) is 69.0 Å². The molecule has 0 spiro atoms. The lowest BCUT2D eigenvalue weighted by atomic mass is 9.85. The van der Waals surface area contributed by atoms with Crippen LogP contribution in [0.4, 0.5) is 0 Å². The molecule has 0 unspecified atom stereocenters. The highest BCUT2D eigenvalue weighted by Crippen LogP contribution is 2.27. The van der Waals surface area contributed by atoms with Gasteiger partial charge in [-0.25, -0.2) is 18.1 Å². The van der Waals surface area contributed by atoms with Crippen LogP contribution in [0.2, 0.25) is 0 Å². The third-order valence-corrected chi connectivity index (χ3v) is 6.39. The van der Waals surface area contributed by atoms with E-state index in [4.69, 9.17) is 4.42 Å². The molecule has 1 amide bonds. The van der Waals surface area contributed by atoms with Gasteiger partial charge in [-0.15, -0.1) is 0 Å². The van der Waals surface area contributed by atoms with Crippen molar-refractivity contribution >= 4 is 32.8 Å². The Hall–Kier alpha value is -2.26. The molecule has 2 N–H and O–H groups in total. The number of ketones is 1. The molecule has 0 saturated heterocycles. The van der Waals surface area contributed by atoms with E-state index in [0.717, 1.165) is 31.9 Å². The monoisotopic (exact) mass is 449 g/mol. The number of carbonyl (C=O) groups is 2. The highest BCUT2D eigenvalue weighted by atomic mass is 32.2. The van der Waals surface area contributed by atoms with Crippen molar-refractivity contribution < 1.29 is 22.4 Å². The molecule has 1 saturated carbocycles. The first-order chi connectivity index (χ1) is 14.8. The zero-order valence-corrected chi connectivity index (χ0v) is 18.9. The molecule has 2 atom stereocenters. The SMILES string of the molecule is CCC[C@@H](NC(=O)[C@H](CC1CCCCC1)NS(C)(=O)=O)C(=O)c1nc2ccccc2o1. The minimum absolute atomic E-state index is 0.0557. The van der Waals surface area contributed by atoms with Crippen molar-refractivity contribution in [2.75, 3.05) is 6.26 Å². The number of fused-ring (bicyclic) bond motifs is 1. The van der Waals surface area contributed by atoms with Crippen molar-refractivity contribution in [3.05, 3.63) is 30.2 Å². The number of carbonyl (C=O) groups excluding carboxylic acids is 2. The van der Waals surface area contributed by atoms with Crippen molar-refractivity contribution in [1.29, 1.82) is 0 Å². The van der Waals surface area contributed by atoms with Gasteiger partial charge in [-0.3, -0.25) is 9.59 Å². The Labute approximate surface area is 183 Å². The fourth-order valence-corrected chi connectivity index (χ4v) is 4.90. The summed E-state index contributed by atoms with van der Waals surface area (Å²) in [6.07, 6.45) is 7.84. The summed E-state index contributed by atoms with van der Waals surface area (Å²) in [6, 6.07) is 5.33. The zero-order chi connectivity index (χ0) is 22.4. The number of benzene rings is 1. The second kappa shape index (κ2) is 10.4. The van der Waals surface area contributed by atoms with Gasteiger partial charge in [-0.2, -0.15) is 0 Å².